The summed E-state index contributed by atoms with van der Waals surface area (Å²) in [5.74, 6) is 1.72. The number of hydrogen-bond donors (Lipinski definition) is 2. The molecule has 0 spiro atoms. The van der Waals surface area contributed by atoms with Crippen LogP contribution in [-0.4, -0.2) is 65.3 Å². The predicted molar refractivity (Wildman–Crippen MR) is 129 cm³/mol. The smallest absolute Gasteiger partial charge is 0.213 e. The summed E-state index contributed by atoms with van der Waals surface area (Å²) in [5, 5.41) is 23.7. The van der Waals surface area contributed by atoms with Crippen molar-refractivity contribution in [3.63, 3.8) is 0 Å². The molecule has 3 atom stereocenters. The minimum atomic E-state index is 0.182. The summed E-state index contributed by atoms with van der Waals surface area (Å²) in [6.45, 7) is 2.60. The lowest BCUT2D eigenvalue weighted by atomic mass is 9.90. The lowest BCUT2D eigenvalue weighted by molar-refractivity contribution is 0.0177. The van der Waals surface area contributed by atoms with Gasteiger partial charge in [0.05, 0.1) is 26.0 Å². The molecule has 0 unspecified atom stereocenters. The molecule has 3 aliphatic rings. The normalized spacial score (nSPS) is 23.9. The number of morpholine rings is 1. The molecule has 2 bridgehead atoms. The van der Waals surface area contributed by atoms with Crippen molar-refractivity contribution < 1.29 is 14.6 Å². The number of ether oxygens (including phenoxy) is 2. The van der Waals surface area contributed by atoms with Gasteiger partial charge in [-0.3, -0.25) is 0 Å². The van der Waals surface area contributed by atoms with E-state index in [1.165, 1.54) is 5.56 Å². The molecule has 6 rings (SSSR count). The number of piperidine rings is 1. The van der Waals surface area contributed by atoms with Crippen LogP contribution in [0.2, 0.25) is 0 Å². The molecule has 0 radical (unpaired) electrons. The number of phenols is 1. The molecule has 0 saturated carbocycles. The van der Waals surface area contributed by atoms with Gasteiger partial charge in [0, 0.05) is 42.5 Å². The first-order valence-corrected chi connectivity index (χ1v) is 12.0. The molecule has 2 fully saturated rings. The third-order valence-electron chi connectivity index (χ3n) is 7.18. The van der Waals surface area contributed by atoms with Gasteiger partial charge in [-0.1, -0.05) is 6.07 Å². The summed E-state index contributed by atoms with van der Waals surface area (Å²) in [7, 11) is 1.59. The van der Waals surface area contributed by atoms with Crippen LogP contribution < -0.4 is 15.0 Å². The molecule has 5 heterocycles. The number of anilines is 1. The Morgan fingerprint density at radius 3 is 2.68 bits per heavy atom. The third-order valence-corrected chi connectivity index (χ3v) is 7.18. The van der Waals surface area contributed by atoms with Gasteiger partial charge in [0.25, 0.3) is 0 Å². The Balaban J connectivity index is 1.27. The number of benzene rings is 1. The van der Waals surface area contributed by atoms with Gasteiger partial charge in [0.15, 0.2) is 5.82 Å². The fourth-order valence-electron chi connectivity index (χ4n) is 5.57. The van der Waals surface area contributed by atoms with Gasteiger partial charge < -0.3 is 24.8 Å². The topological polar surface area (TPSA) is 92.6 Å². The fourth-order valence-corrected chi connectivity index (χ4v) is 5.57. The first-order valence-electron chi connectivity index (χ1n) is 12.0. The molecule has 3 aromatic rings. The second-order valence-corrected chi connectivity index (χ2v) is 9.42. The zero-order chi connectivity index (χ0) is 23.1. The molecular weight excluding hydrogens is 430 g/mol. The Labute approximate surface area is 199 Å². The number of aromatic nitrogens is 3. The van der Waals surface area contributed by atoms with Gasteiger partial charge in [-0.05, 0) is 66.6 Å². The van der Waals surface area contributed by atoms with Crippen molar-refractivity contribution in [3.8, 4) is 34.0 Å². The highest BCUT2D eigenvalue weighted by Gasteiger charge is 2.36. The second kappa shape index (κ2) is 8.85. The monoisotopic (exact) mass is 459 g/mol. The van der Waals surface area contributed by atoms with Crippen LogP contribution in [-0.2, 0) is 11.2 Å². The molecule has 8 heteroatoms. The van der Waals surface area contributed by atoms with Gasteiger partial charge in [-0.2, -0.15) is 0 Å². The van der Waals surface area contributed by atoms with Crippen LogP contribution in [0.15, 0.2) is 42.6 Å². The zero-order valence-electron chi connectivity index (χ0n) is 19.3. The van der Waals surface area contributed by atoms with Crippen LogP contribution in [0.3, 0.4) is 0 Å². The Morgan fingerprint density at radius 2 is 1.88 bits per heavy atom. The number of phenolic OH excluding ortho intramolecular Hbond substituents is 1. The minimum absolute atomic E-state index is 0.182. The summed E-state index contributed by atoms with van der Waals surface area (Å²) >= 11 is 0. The van der Waals surface area contributed by atoms with Crippen molar-refractivity contribution in [2.24, 2.45) is 0 Å². The SMILES string of the molecule is COc1cc(-c2ccc(-c3cc4c(nn3)N([C@@H]3C[C@H]5COC[C@@H](C3)N5)CCC4)c(O)c2)ccn1. The minimum Gasteiger partial charge on any atom is -0.507 e. The zero-order valence-corrected chi connectivity index (χ0v) is 19.3. The van der Waals surface area contributed by atoms with Crippen LogP contribution in [0.25, 0.3) is 22.4 Å². The molecule has 34 heavy (non-hydrogen) atoms. The summed E-state index contributed by atoms with van der Waals surface area (Å²) in [4.78, 5) is 6.61. The quantitative estimate of drug-likeness (QED) is 0.615. The molecule has 3 aliphatic heterocycles. The van der Waals surface area contributed by atoms with E-state index in [4.69, 9.17) is 9.47 Å². The maximum atomic E-state index is 10.8. The lowest BCUT2D eigenvalue weighted by Crippen LogP contribution is -2.59. The van der Waals surface area contributed by atoms with Gasteiger partial charge in [-0.15, -0.1) is 10.2 Å². The van der Waals surface area contributed by atoms with Gasteiger partial charge in [0.1, 0.15) is 5.75 Å². The number of aryl methyl sites for hydroxylation is 1. The average Bonchev–Trinajstić information content (AvgIpc) is 2.87. The molecule has 1 aromatic carbocycles. The average molecular weight is 460 g/mol. The maximum absolute atomic E-state index is 10.8. The summed E-state index contributed by atoms with van der Waals surface area (Å²) < 4.78 is 10.9. The Morgan fingerprint density at radius 1 is 1.06 bits per heavy atom. The molecule has 2 N–H and O–H groups in total. The van der Waals surface area contributed by atoms with E-state index < -0.39 is 0 Å². The van der Waals surface area contributed by atoms with Crippen molar-refractivity contribution in [3.05, 3.63) is 48.2 Å². The Bertz CT molecular complexity index is 1190. The largest absolute Gasteiger partial charge is 0.507 e. The highest BCUT2D eigenvalue weighted by Crippen LogP contribution is 2.37. The van der Waals surface area contributed by atoms with E-state index in [9.17, 15) is 5.11 Å². The van der Waals surface area contributed by atoms with E-state index in [0.29, 0.717) is 35.3 Å². The van der Waals surface area contributed by atoms with E-state index in [2.05, 4.69) is 31.5 Å². The fraction of sp³-hybridized carbons (Fsp3) is 0.423. The van der Waals surface area contributed by atoms with Crippen molar-refractivity contribution in [1.82, 2.24) is 20.5 Å². The highest BCUT2D eigenvalue weighted by molar-refractivity contribution is 5.75. The van der Waals surface area contributed by atoms with Crippen LogP contribution >= 0.6 is 0 Å². The number of fused-ring (bicyclic) bond motifs is 3. The predicted octanol–water partition coefficient (Wildman–Crippen LogP) is 3.19. The van der Waals surface area contributed by atoms with Crippen molar-refractivity contribution in [2.75, 3.05) is 31.8 Å². The number of aromatic hydroxyl groups is 1. The molecule has 0 amide bonds. The number of hydrogen-bond acceptors (Lipinski definition) is 8. The number of nitrogens with zero attached hydrogens (tertiary/aromatic N) is 4. The first-order chi connectivity index (χ1) is 16.7. The molecule has 0 aliphatic carbocycles. The van der Waals surface area contributed by atoms with Crippen LogP contribution in [0.4, 0.5) is 5.82 Å². The van der Waals surface area contributed by atoms with E-state index in [1.807, 2.05) is 24.3 Å². The summed E-state index contributed by atoms with van der Waals surface area (Å²) in [6.07, 6.45) is 5.92. The number of nitrogens with one attached hydrogen (secondary N) is 1. The van der Waals surface area contributed by atoms with Crippen LogP contribution in [0.1, 0.15) is 24.8 Å². The lowest BCUT2D eigenvalue weighted by Gasteiger charge is -2.46. The molecular formula is C26H29N5O3. The summed E-state index contributed by atoms with van der Waals surface area (Å²) in [5.41, 5.74) is 4.41. The Kier molecular flexibility index (Phi) is 5.55. The van der Waals surface area contributed by atoms with E-state index >= 15 is 0 Å². The van der Waals surface area contributed by atoms with Crippen molar-refractivity contribution in [2.45, 2.75) is 43.8 Å². The highest BCUT2D eigenvalue weighted by atomic mass is 16.5. The molecule has 8 nitrogen and oxygen atoms in total. The molecule has 2 saturated heterocycles. The second-order valence-electron chi connectivity index (χ2n) is 9.42. The van der Waals surface area contributed by atoms with Crippen molar-refractivity contribution >= 4 is 5.82 Å². The number of methoxy groups -OCH3 is 1. The maximum Gasteiger partial charge on any atom is 0.213 e. The standard InChI is InChI=1S/C26H29N5O3/c1-33-25-11-17(6-7-27-25)16-4-5-22(24(32)10-16)23-9-18-3-2-8-31(26(18)30-29-23)21-12-19-14-34-15-20(13-21)28-19/h4-7,9-11,19-21,28,32H,2-3,8,12-15H2,1H3/t19-,20+,21+. The van der Waals surface area contributed by atoms with E-state index in [-0.39, 0.29) is 5.75 Å². The third kappa shape index (κ3) is 3.97. The molecule has 176 valence electrons. The van der Waals surface area contributed by atoms with Crippen molar-refractivity contribution in [1.29, 1.82) is 0 Å². The van der Waals surface area contributed by atoms with E-state index in [0.717, 1.165) is 62.4 Å². The van der Waals surface area contributed by atoms with E-state index in [1.54, 1.807) is 19.4 Å². The van der Waals surface area contributed by atoms with Gasteiger partial charge >= 0.3 is 0 Å². The number of pyridine rings is 1. The first kappa shape index (κ1) is 21.3. The van der Waals surface area contributed by atoms with Gasteiger partial charge in [-0.25, -0.2) is 4.98 Å². The summed E-state index contributed by atoms with van der Waals surface area (Å²) in [6, 6.07) is 12.8. The van der Waals surface area contributed by atoms with Crippen LogP contribution in [0, 0.1) is 0 Å². The number of rotatable bonds is 4. The Hall–Kier alpha value is -3.23. The van der Waals surface area contributed by atoms with Gasteiger partial charge in [0.2, 0.25) is 5.88 Å². The molecule has 2 aromatic heterocycles. The van der Waals surface area contributed by atoms with Crippen LogP contribution in [0.5, 0.6) is 11.6 Å².